The van der Waals surface area contributed by atoms with E-state index in [4.69, 9.17) is 10.5 Å². The quantitative estimate of drug-likeness (QED) is 0.789. The van der Waals surface area contributed by atoms with E-state index < -0.39 is 0 Å². The Labute approximate surface area is 94.8 Å². The Kier molecular flexibility index (Phi) is 3.10. The van der Waals surface area contributed by atoms with Crippen LogP contribution in [0.4, 0.5) is 5.69 Å². The number of nitrogens with two attached hydrogens (primary N) is 1. The fraction of sp³-hybridized carbons (Fsp3) is 0.417. The van der Waals surface area contributed by atoms with Crippen LogP contribution >= 0.6 is 0 Å². The number of carbonyl (C=O) groups excluding carboxylic acids is 1. The van der Waals surface area contributed by atoms with Gasteiger partial charge in [0.1, 0.15) is 5.75 Å². The van der Waals surface area contributed by atoms with E-state index in [1.165, 1.54) is 0 Å². The molecule has 1 aromatic carbocycles. The van der Waals surface area contributed by atoms with Gasteiger partial charge in [-0.1, -0.05) is 6.07 Å². The van der Waals surface area contributed by atoms with Gasteiger partial charge in [0, 0.05) is 6.04 Å². The molecule has 0 spiro atoms. The van der Waals surface area contributed by atoms with E-state index >= 15 is 0 Å². The minimum absolute atomic E-state index is 0.00306. The molecule has 86 valence electrons. The Morgan fingerprint density at radius 2 is 2.38 bits per heavy atom. The molecule has 1 aromatic rings. The first kappa shape index (κ1) is 11.0. The lowest BCUT2D eigenvalue weighted by molar-refractivity contribution is -0.116. The summed E-state index contributed by atoms with van der Waals surface area (Å²) in [6, 6.07) is 5.92. The van der Waals surface area contributed by atoms with Crippen LogP contribution in [-0.2, 0) is 11.2 Å². The van der Waals surface area contributed by atoms with Crippen molar-refractivity contribution < 1.29 is 9.53 Å². The molecular weight excluding hydrogens is 204 g/mol. The standard InChI is InChI=1S/C12H16N2O2/c1-8(13)6-9-2-3-11-10(7-9)14-12(15)4-5-16-11/h2-3,7-8H,4-6,13H2,1H3,(H,14,15). The third-order valence-corrected chi connectivity index (χ3v) is 2.46. The Bertz CT molecular complexity index is 402. The minimum Gasteiger partial charge on any atom is -0.491 e. The van der Waals surface area contributed by atoms with E-state index in [9.17, 15) is 4.79 Å². The Hall–Kier alpha value is -1.55. The molecule has 1 unspecified atom stereocenters. The van der Waals surface area contributed by atoms with E-state index in [0.717, 1.165) is 23.4 Å². The highest BCUT2D eigenvalue weighted by Crippen LogP contribution is 2.28. The van der Waals surface area contributed by atoms with Crippen molar-refractivity contribution in [3.8, 4) is 5.75 Å². The van der Waals surface area contributed by atoms with Crippen molar-refractivity contribution in [1.82, 2.24) is 0 Å². The van der Waals surface area contributed by atoms with Gasteiger partial charge in [0.05, 0.1) is 18.7 Å². The summed E-state index contributed by atoms with van der Waals surface area (Å²) in [5.41, 5.74) is 7.60. The fourth-order valence-electron chi connectivity index (χ4n) is 1.77. The van der Waals surface area contributed by atoms with Crippen molar-refractivity contribution in [3.05, 3.63) is 23.8 Å². The number of rotatable bonds is 2. The van der Waals surface area contributed by atoms with Crippen molar-refractivity contribution in [1.29, 1.82) is 0 Å². The highest BCUT2D eigenvalue weighted by molar-refractivity contribution is 5.93. The van der Waals surface area contributed by atoms with Crippen molar-refractivity contribution >= 4 is 11.6 Å². The highest BCUT2D eigenvalue weighted by Gasteiger charge is 2.14. The molecule has 4 nitrogen and oxygen atoms in total. The van der Waals surface area contributed by atoms with Gasteiger partial charge in [-0.05, 0) is 31.0 Å². The van der Waals surface area contributed by atoms with Gasteiger partial charge in [-0.2, -0.15) is 0 Å². The molecule has 1 atom stereocenters. The zero-order valence-electron chi connectivity index (χ0n) is 9.32. The lowest BCUT2D eigenvalue weighted by Crippen LogP contribution is -2.18. The van der Waals surface area contributed by atoms with Crippen molar-refractivity contribution in [2.75, 3.05) is 11.9 Å². The second kappa shape index (κ2) is 4.53. The molecule has 0 radical (unpaired) electrons. The summed E-state index contributed by atoms with van der Waals surface area (Å²) in [6.45, 7) is 2.40. The summed E-state index contributed by atoms with van der Waals surface area (Å²) in [5.74, 6) is 0.732. The van der Waals surface area contributed by atoms with E-state index in [1.54, 1.807) is 0 Å². The van der Waals surface area contributed by atoms with Gasteiger partial charge < -0.3 is 15.8 Å². The molecule has 4 heteroatoms. The zero-order valence-corrected chi connectivity index (χ0v) is 9.32. The summed E-state index contributed by atoms with van der Waals surface area (Å²) < 4.78 is 5.46. The number of amides is 1. The van der Waals surface area contributed by atoms with Gasteiger partial charge in [-0.25, -0.2) is 0 Å². The van der Waals surface area contributed by atoms with Crippen LogP contribution in [0.3, 0.4) is 0 Å². The zero-order chi connectivity index (χ0) is 11.5. The van der Waals surface area contributed by atoms with Crippen LogP contribution in [0.25, 0.3) is 0 Å². The maximum atomic E-state index is 11.4. The van der Waals surface area contributed by atoms with Gasteiger partial charge in [-0.15, -0.1) is 0 Å². The van der Waals surface area contributed by atoms with Crippen molar-refractivity contribution in [3.63, 3.8) is 0 Å². The number of ether oxygens (including phenoxy) is 1. The summed E-state index contributed by atoms with van der Waals surface area (Å²) in [4.78, 5) is 11.4. The number of nitrogens with one attached hydrogen (secondary N) is 1. The maximum Gasteiger partial charge on any atom is 0.227 e. The largest absolute Gasteiger partial charge is 0.491 e. The summed E-state index contributed by atoms with van der Waals surface area (Å²) in [7, 11) is 0. The number of hydrogen-bond acceptors (Lipinski definition) is 3. The second-order valence-electron chi connectivity index (χ2n) is 4.16. The van der Waals surface area contributed by atoms with Gasteiger partial charge in [-0.3, -0.25) is 4.79 Å². The Balaban J connectivity index is 2.25. The molecule has 0 aliphatic carbocycles. The van der Waals surface area contributed by atoms with Crippen LogP contribution in [0.1, 0.15) is 18.9 Å². The van der Waals surface area contributed by atoms with Crippen LogP contribution in [0, 0.1) is 0 Å². The van der Waals surface area contributed by atoms with Gasteiger partial charge in [0.2, 0.25) is 5.91 Å². The van der Waals surface area contributed by atoms with Crippen LogP contribution in [0.5, 0.6) is 5.75 Å². The molecule has 1 aliphatic rings. The molecule has 1 aliphatic heterocycles. The van der Waals surface area contributed by atoms with Gasteiger partial charge in [0.25, 0.3) is 0 Å². The molecule has 2 rings (SSSR count). The molecule has 0 saturated heterocycles. The molecule has 0 bridgehead atoms. The lowest BCUT2D eigenvalue weighted by atomic mass is 10.1. The summed E-state index contributed by atoms with van der Waals surface area (Å²) in [6.07, 6.45) is 1.19. The Morgan fingerprint density at radius 3 is 3.12 bits per heavy atom. The highest BCUT2D eigenvalue weighted by atomic mass is 16.5. The molecule has 1 heterocycles. The number of hydrogen-bond donors (Lipinski definition) is 2. The van der Waals surface area contributed by atoms with Crippen LogP contribution in [0.15, 0.2) is 18.2 Å². The monoisotopic (exact) mass is 220 g/mol. The van der Waals surface area contributed by atoms with E-state index in [1.807, 2.05) is 25.1 Å². The van der Waals surface area contributed by atoms with Crippen molar-refractivity contribution in [2.45, 2.75) is 25.8 Å². The second-order valence-corrected chi connectivity index (χ2v) is 4.16. The minimum atomic E-state index is -0.00306. The molecule has 1 amide bonds. The topological polar surface area (TPSA) is 64.3 Å². The summed E-state index contributed by atoms with van der Waals surface area (Å²) >= 11 is 0. The number of anilines is 1. The van der Waals surface area contributed by atoms with E-state index in [-0.39, 0.29) is 11.9 Å². The van der Waals surface area contributed by atoms with Crippen molar-refractivity contribution in [2.24, 2.45) is 5.73 Å². The van der Waals surface area contributed by atoms with Gasteiger partial charge >= 0.3 is 0 Å². The molecule has 16 heavy (non-hydrogen) atoms. The predicted molar refractivity (Wildman–Crippen MR) is 62.5 cm³/mol. The first-order chi connectivity index (χ1) is 7.65. The third-order valence-electron chi connectivity index (χ3n) is 2.46. The van der Waals surface area contributed by atoms with Crippen LogP contribution < -0.4 is 15.8 Å². The smallest absolute Gasteiger partial charge is 0.227 e. The average Bonchev–Trinajstić information content (AvgIpc) is 2.37. The molecule has 0 saturated carbocycles. The molecule has 3 N–H and O–H groups in total. The number of benzene rings is 1. The normalized spacial score (nSPS) is 16.8. The van der Waals surface area contributed by atoms with Crippen LogP contribution in [0.2, 0.25) is 0 Å². The van der Waals surface area contributed by atoms with Crippen LogP contribution in [-0.4, -0.2) is 18.6 Å². The average molecular weight is 220 g/mol. The molecule has 0 fully saturated rings. The van der Waals surface area contributed by atoms with E-state index in [2.05, 4.69) is 5.32 Å². The van der Waals surface area contributed by atoms with E-state index in [0.29, 0.717) is 13.0 Å². The third kappa shape index (κ3) is 2.52. The number of carbonyl (C=O) groups is 1. The maximum absolute atomic E-state index is 11.4. The number of fused-ring (bicyclic) bond motifs is 1. The lowest BCUT2D eigenvalue weighted by Gasteiger charge is -2.10. The SMILES string of the molecule is CC(N)Cc1ccc2c(c1)NC(=O)CCO2. The predicted octanol–water partition coefficient (Wildman–Crippen LogP) is 1.30. The fourth-order valence-corrected chi connectivity index (χ4v) is 1.77. The molecule has 0 aromatic heterocycles. The molecular formula is C12H16N2O2. The Morgan fingerprint density at radius 1 is 1.56 bits per heavy atom. The van der Waals surface area contributed by atoms with Gasteiger partial charge in [0.15, 0.2) is 0 Å². The first-order valence-corrected chi connectivity index (χ1v) is 5.46. The first-order valence-electron chi connectivity index (χ1n) is 5.46. The summed E-state index contributed by atoms with van der Waals surface area (Å²) in [5, 5.41) is 2.83.